The minimum Gasteiger partial charge on any atom is -0.212 e. The highest BCUT2D eigenvalue weighted by atomic mass is 35.5. The van der Waals surface area contributed by atoms with E-state index in [0.717, 1.165) is 36.3 Å². The highest BCUT2D eigenvalue weighted by Gasteiger charge is 2.26. The third-order valence-electron chi connectivity index (χ3n) is 3.98. The van der Waals surface area contributed by atoms with Gasteiger partial charge in [-0.15, -0.1) is 11.6 Å². The van der Waals surface area contributed by atoms with Gasteiger partial charge >= 0.3 is 11.5 Å². The highest BCUT2D eigenvalue weighted by molar-refractivity contribution is 6.17. The number of alkyl halides is 1. The molecule has 1 heterocycles. The average Bonchev–Trinajstić information content (AvgIpc) is 2.53. The first-order valence-electron chi connectivity index (χ1n) is 7.47. The standard InChI is InChI=1S/C18H20ClO/c19-12-6-11-17-16-10-5-4-9-15(16)13-18(20-17)14-7-2-1-3-8-14/h1-3,7-8,13H,4-6,9-12H2/q+1. The van der Waals surface area contributed by atoms with Crippen LogP contribution >= 0.6 is 11.6 Å². The lowest BCUT2D eigenvalue weighted by Crippen LogP contribution is -2.07. The summed E-state index contributed by atoms with van der Waals surface area (Å²) in [5, 5.41) is 0. The van der Waals surface area contributed by atoms with Crippen LogP contribution in [0.1, 0.15) is 36.1 Å². The molecule has 1 nitrogen and oxygen atoms in total. The van der Waals surface area contributed by atoms with Gasteiger partial charge < -0.3 is 0 Å². The molecule has 0 radical (unpaired) electrons. The van der Waals surface area contributed by atoms with Gasteiger partial charge in [0.15, 0.2) is 0 Å². The van der Waals surface area contributed by atoms with Gasteiger partial charge in [-0.3, -0.25) is 0 Å². The van der Waals surface area contributed by atoms with Gasteiger partial charge in [-0.05, 0) is 49.8 Å². The van der Waals surface area contributed by atoms with Crippen molar-refractivity contribution in [3.05, 3.63) is 53.3 Å². The normalized spacial score (nSPS) is 14.1. The van der Waals surface area contributed by atoms with Crippen LogP contribution in [0.5, 0.6) is 0 Å². The van der Waals surface area contributed by atoms with Crippen LogP contribution in [0.2, 0.25) is 0 Å². The number of hydrogen-bond donors (Lipinski definition) is 0. The Hall–Kier alpha value is -1.34. The molecule has 1 aliphatic rings. The van der Waals surface area contributed by atoms with Crippen LogP contribution in [0, 0.1) is 0 Å². The minimum absolute atomic E-state index is 0.694. The summed E-state index contributed by atoms with van der Waals surface area (Å²) in [4.78, 5) is 0. The molecule has 2 aromatic rings. The summed E-state index contributed by atoms with van der Waals surface area (Å²) in [6, 6.07) is 12.6. The summed E-state index contributed by atoms with van der Waals surface area (Å²) >= 11 is 5.85. The molecule has 3 rings (SSSR count). The van der Waals surface area contributed by atoms with E-state index in [1.165, 1.54) is 30.4 Å². The zero-order chi connectivity index (χ0) is 13.8. The van der Waals surface area contributed by atoms with Gasteiger partial charge in [0.1, 0.15) is 0 Å². The van der Waals surface area contributed by atoms with E-state index in [9.17, 15) is 0 Å². The zero-order valence-electron chi connectivity index (χ0n) is 11.7. The Balaban J connectivity index is 2.03. The number of benzene rings is 1. The van der Waals surface area contributed by atoms with E-state index >= 15 is 0 Å². The van der Waals surface area contributed by atoms with E-state index in [-0.39, 0.29) is 0 Å². The van der Waals surface area contributed by atoms with Crippen molar-refractivity contribution in [1.29, 1.82) is 0 Å². The molecule has 0 fully saturated rings. The first kappa shape index (κ1) is 13.6. The van der Waals surface area contributed by atoms with E-state index in [4.69, 9.17) is 16.0 Å². The molecule has 0 saturated carbocycles. The lowest BCUT2D eigenvalue weighted by atomic mass is 9.89. The molecule has 0 bridgehead atoms. The molecule has 2 heteroatoms. The highest BCUT2D eigenvalue weighted by Crippen LogP contribution is 2.31. The summed E-state index contributed by atoms with van der Waals surface area (Å²) in [6.45, 7) is 0. The van der Waals surface area contributed by atoms with Crippen molar-refractivity contribution in [2.75, 3.05) is 5.88 Å². The Kier molecular flexibility index (Phi) is 4.37. The maximum atomic E-state index is 6.21. The average molecular weight is 288 g/mol. The van der Waals surface area contributed by atoms with Crippen molar-refractivity contribution < 1.29 is 4.42 Å². The molecule has 0 aliphatic heterocycles. The molecular formula is C18H20ClO+. The Bertz CT molecular complexity index is 577. The van der Waals surface area contributed by atoms with Crippen LogP contribution in [0.15, 0.2) is 40.8 Å². The molecule has 104 valence electrons. The van der Waals surface area contributed by atoms with Gasteiger partial charge in [-0.2, -0.15) is 0 Å². The van der Waals surface area contributed by atoms with E-state index in [2.05, 4.69) is 30.3 Å². The fraction of sp³-hybridized carbons (Fsp3) is 0.389. The molecule has 1 aliphatic carbocycles. The second kappa shape index (κ2) is 6.41. The van der Waals surface area contributed by atoms with E-state index in [0.29, 0.717) is 5.88 Å². The van der Waals surface area contributed by atoms with Gasteiger partial charge in [0.05, 0.1) is 17.5 Å². The monoisotopic (exact) mass is 287 g/mol. The van der Waals surface area contributed by atoms with Crippen molar-refractivity contribution >= 4 is 11.6 Å². The zero-order valence-corrected chi connectivity index (χ0v) is 12.5. The first-order valence-corrected chi connectivity index (χ1v) is 8.01. The number of aryl methyl sites for hydroxylation is 2. The van der Waals surface area contributed by atoms with Gasteiger partial charge in [-0.1, -0.05) is 18.2 Å². The van der Waals surface area contributed by atoms with Gasteiger partial charge in [0.25, 0.3) is 0 Å². The molecule has 20 heavy (non-hydrogen) atoms. The third-order valence-corrected chi connectivity index (χ3v) is 4.25. The fourth-order valence-electron chi connectivity index (χ4n) is 2.96. The van der Waals surface area contributed by atoms with Crippen molar-refractivity contribution in [3.8, 4) is 11.3 Å². The predicted molar refractivity (Wildman–Crippen MR) is 84.2 cm³/mol. The first-order chi connectivity index (χ1) is 9.88. The number of hydrogen-bond acceptors (Lipinski definition) is 0. The van der Waals surface area contributed by atoms with Crippen LogP contribution in [0.25, 0.3) is 11.3 Å². The van der Waals surface area contributed by atoms with Gasteiger partial charge in [0, 0.05) is 11.9 Å². The molecule has 0 atom stereocenters. The molecule has 0 spiro atoms. The summed E-state index contributed by atoms with van der Waals surface area (Å²) < 4.78 is 6.21. The maximum Gasteiger partial charge on any atom is 0.360 e. The second-order valence-corrected chi connectivity index (χ2v) is 5.78. The summed E-state index contributed by atoms with van der Waals surface area (Å²) in [5.74, 6) is 2.84. The van der Waals surface area contributed by atoms with E-state index in [1.807, 2.05) is 6.07 Å². The molecule has 1 aromatic heterocycles. The van der Waals surface area contributed by atoms with Crippen molar-refractivity contribution in [2.24, 2.45) is 0 Å². The van der Waals surface area contributed by atoms with E-state index < -0.39 is 0 Å². The Labute approximate surface area is 125 Å². The largest absolute Gasteiger partial charge is 0.360 e. The number of rotatable bonds is 4. The van der Waals surface area contributed by atoms with Gasteiger partial charge in [0.2, 0.25) is 0 Å². The Morgan fingerprint density at radius 3 is 2.65 bits per heavy atom. The summed E-state index contributed by atoms with van der Waals surface area (Å²) in [7, 11) is 0. The van der Waals surface area contributed by atoms with Crippen LogP contribution in [0.3, 0.4) is 0 Å². The molecular weight excluding hydrogens is 268 g/mol. The lowest BCUT2D eigenvalue weighted by molar-refractivity contribution is 0.481. The molecule has 0 N–H and O–H groups in total. The quantitative estimate of drug-likeness (QED) is 0.550. The number of halogens is 1. The molecule has 1 aromatic carbocycles. The van der Waals surface area contributed by atoms with E-state index in [1.54, 1.807) is 0 Å². The van der Waals surface area contributed by atoms with Crippen molar-refractivity contribution in [3.63, 3.8) is 0 Å². The SMILES string of the molecule is ClCCCc1[o+]c(-c2ccccc2)cc2c1CCCC2. The second-order valence-electron chi connectivity index (χ2n) is 5.40. The third kappa shape index (κ3) is 2.88. The number of fused-ring (bicyclic) bond motifs is 1. The van der Waals surface area contributed by atoms with Crippen molar-refractivity contribution in [1.82, 2.24) is 0 Å². The van der Waals surface area contributed by atoms with Gasteiger partial charge in [-0.25, -0.2) is 4.42 Å². The predicted octanol–water partition coefficient (Wildman–Crippen LogP) is 5.28. The van der Waals surface area contributed by atoms with Crippen LogP contribution in [0.4, 0.5) is 0 Å². The molecule has 0 unspecified atom stereocenters. The summed E-state index contributed by atoms with van der Waals surface area (Å²) in [6.07, 6.45) is 6.84. The molecule has 0 saturated heterocycles. The lowest BCUT2D eigenvalue weighted by Gasteiger charge is -2.14. The Morgan fingerprint density at radius 2 is 1.85 bits per heavy atom. The molecule has 0 amide bonds. The maximum absolute atomic E-state index is 6.21. The Morgan fingerprint density at radius 1 is 1.05 bits per heavy atom. The fourth-order valence-corrected chi connectivity index (χ4v) is 3.10. The van der Waals surface area contributed by atoms with Crippen LogP contribution in [-0.2, 0) is 19.3 Å². The van der Waals surface area contributed by atoms with Crippen molar-refractivity contribution in [2.45, 2.75) is 38.5 Å². The van der Waals surface area contributed by atoms with Crippen LogP contribution < -0.4 is 0 Å². The topological polar surface area (TPSA) is 11.3 Å². The summed E-state index contributed by atoms with van der Waals surface area (Å²) in [5.41, 5.74) is 4.08. The smallest absolute Gasteiger partial charge is 0.212 e. The van der Waals surface area contributed by atoms with Crippen LogP contribution in [-0.4, -0.2) is 5.88 Å². The minimum atomic E-state index is 0.694.